The first-order chi connectivity index (χ1) is 17.4. The van der Waals surface area contributed by atoms with Gasteiger partial charge in [0.15, 0.2) is 0 Å². The van der Waals surface area contributed by atoms with Crippen LogP contribution in [0.5, 0.6) is 5.75 Å². The van der Waals surface area contributed by atoms with Crippen LogP contribution in [0.1, 0.15) is 40.7 Å². The number of nitrogens with zero attached hydrogens (tertiary/aromatic N) is 3. The Balaban J connectivity index is 1.49. The number of anilines is 1. The van der Waals surface area contributed by atoms with Crippen LogP contribution in [0.15, 0.2) is 65.8 Å². The summed E-state index contributed by atoms with van der Waals surface area (Å²) in [5.74, 6) is -0.116. The number of hydrogen-bond acceptors (Lipinski definition) is 6. The van der Waals surface area contributed by atoms with Gasteiger partial charge in [-0.3, -0.25) is 14.9 Å². The molecular weight excluding hydrogens is 503 g/mol. The lowest BCUT2D eigenvalue weighted by Crippen LogP contribution is -2.30. The first-order valence-corrected chi connectivity index (χ1v) is 12.2. The SMILES string of the molecule is O=C(N/N=C/c1cc([N+](=O)[O-])ccc1N1CCCCC1)c1ccccc1OCc1ccc(Cl)cc1Cl. The maximum atomic E-state index is 12.9. The third-order valence-electron chi connectivity index (χ3n) is 5.82. The number of nitro benzene ring substituents is 1. The van der Waals surface area contributed by atoms with E-state index < -0.39 is 10.8 Å². The van der Waals surface area contributed by atoms with Crippen LogP contribution in [-0.4, -0.2) is 30.1 Å². The van der Waals surface area contributed by atoms with E-state index >= 15 is 0 Å². The van der Waals surface area contributed by atoms with Crippen LogP contribution >= 0.6 is 23.2 Å². The molecule has 3 aromatic carbocycles. The van der Waals surface area contributed by atoms with Crippen molar-refractivity contribution in [2.45, 2.75) is 25.9 Å². The zero-order chi connectivity index (χ0) is 25.5. The number of ether oxygens (including phenoxy) is 1. The molecule has 3 aromatic rings. The van der Waals surface area contributed by atoms with Gasteiger partial charge < -0.3 is 9.64 Å². The molecule has 0 bridgehead atoms. The van der Waals surface area contributed by atoms with E-state index in [1.807, 2.05) is 0 Å². The Morgan fingerprint density at radius 2 is 1.86 bits per heavy atom. The number of carbonyl (C=O) groups is 1. The van der Waals surface area contributed by atoms with Crippen LogP contribution < -0.4 is 15.1 Å². The molecule has 1 aliphatic heterocycles. The average Bonchev–Trinajstić information content (AvgIpc) is 2.88. The fourth-order valence-electron chi connectivity index (χ4n) is 3.98. The van der Waals surface area contributed by atoms with Crippen LogP contribution in [-0.2, 0) is 6.61 Å². The molecule has 0 saturated carbocycles. The maximum Gasteiger partial charge on any atom is 0.275 e. The summed E-state index contributed by atoms with van der Waals surface area (Å²) in [4.78, 5) is 25.9. The van der Waals surface area contributed by atoms with Crippen LogP contribution in [0.2, 0.25) is 10.0 Å². The highest BCUT2D eigenvalue weighted by Gasteiger charge is 2.17. The van der Waals surface area contributed by atoms with Crippen molar-refractivity contribution in [3.8, 4) is 5.75 Å². The quantitative estimate of drug-likeness (QED) is 0.213. The van der Waals surface area contributed by atoms with Crippen molar-refractivity contribution in [2.75, 3.05) is 18.0 Å². The van der Waals surface area contributed by atoms with E-state index in [9.17, 15) is 14.9 Å². The number of nitro groups is 1. The smallest absolute Gasteiger partial charge is 0.275 e. The second-order valence-corrected chi connectivity index (χ2v) is 9.11. The molecule has 1 fully saturated rings. The highest BCUT2D eigenvalue weighted by molar-refractivity contribution is 6.35. The minimum absolute atomic E-state index is 0.0388. The predicted octanol–water partition coefficient (Wildman–Crippen LogP) is 6.23. The molecule has 0 aliphatic carbocycles. The predicted molar refractivity (Wildman–Crippen MR) is 141 cm³/mol. The van der Waals surface area contributed by atoms with Gasteiger partial charge in [-0.05, 0) is 49.6 Å². The van der Waals surface area contributed by atoms with Crippen LogP contribution in [0, 0.1) is 10.1 Å². The second-order valence-electron chi connectivity index (χ2n) is 8.27. The van der Waals surface area contributed by atoms with Crippen LogP contribution in [0.3, 0.4) is 0 Å². The zero-order valence-electron chi connectivity index (χ0n) is 19.3. The summed E-state index contributed by atoms with van der Waals surface area (Å²) in [6, 6.07) is 16.6. The monoisotopic (exact) mass is 526 g/mol. The van der Waals surface area contributed by atoms with Crippen molar-refractivity contribution < 1.29 is 14.5 Å². The Morgan fingerprint density at radius 1 is 1.08 bits per heavy atom. The Bertz CT molecular complexity index is 1290. The second kappa shape index (κ2) is 11.9. The van der Waals surface area contributed by atoms with E-state index in [-0.39, 0.29) is 17.9 Å². The lowest BCUT2D eigenvalue weighted by Gasteiger charge is -2.29. The van der Waals surface area contributed by atoms with E-state index in [4.69, 9.17) is 27.9 Å². The van der Waals surface area contributed by atoms with Gasteiger partial charge in [-0.15, -0.1) is 0 Å². The molecule has 1 saturated heterocycles. The van der Waals surface area contributed by atoms with E-state index in [1.54, 1.807) is 48.5 Å². The number of amides is 1. The molecule has 4 rings (SSSR count). The first-order valence-electron chi connectivity index (χ1n) is 11.4. The minimum Gasteiger partial charge on any atom is -0.488 e. The van der Waals surface area contributed by atoms with E-state index in [0.717, 1.165) is 43.6 Å². The van der Waals surface area contributed by atoms with Gasteiger partial charge in [0, 0.05) is 52.1 Å². The van der Waals surface area contributed by atoms with Crippen molar-refractivity contribution in [2.24, 2.45) is 5.10 Å². The number of nitrogens with one attached hydrogen (secondary N) is 1. The Hall–Kier alpha value is -3.62. The molecule has 1 amide bonds. The number of halogens is 2. The minimum atomic E-state index is -0.478. The van der Waals surface area contributed by atoms with Crippen molar-refractivity contribution in [1.29, 1.82) is 0 Å². The molecule has 1 aliphatic rings. The molecule has 36 heavy (non-hydrogen) atoms. The largest absolute Gasteiger partial charge is 0.488 e. The van der Waals surface area contributed by atoms with Crippen molar-refractivity contribution in [1.82, 2.24) is 5.43 Å². The van der Waals surface area contributed by atoms with Gasteiger partial charge in [-0.2, -0.15) is 5.10 Å². The number of carbonyl (C=O) groups excluding carboxylic acids is 1. The molecule has 0 unspecified atom stereocenters. The number of para-hydroxylation sites is 1. The first kappa shape index (κ1) is 25.5. The lowest BCUT2D eigenvalue weighted by molar-refractivity contribution is -0.384. The molecule has 1 heterocycles. The number of non-ortho nitro benzene ring substituents is 1. The average molecular weight is 527 g/mol. The fraction of sp³-hybridized carbons (Fsp3) is 0.231. The molecule has 0 atom stereocenters. The highest BCUT2D eigenvalue weighted by Crippen LogP contribution is 2.27. The van der Waals surface area contributed by atoms with E-state index in [1.165, 1.54) is 18.3 Å². The number of benzene rings is 3. The molecule has 0 radical (unpaired) electrons. The molecule has 10 heteroatoms. The van der Waals surface area contributed by atoms with Gasteiger partial charge in [0.05, 0.1) is 16.7 Å². The molecule has 0 aromatic heterocycles. The number of hydrogen-bond donors (Lipinski definition) is 1. The Kier molecular flexibility index (Phi) is 8.40. The van der Waals surface area contributed by atoms with Crippen molar-refractivity contribution >= 4 is 46.7 Å². The van der Waals surface area contributed by atoms with Gasteiger partial charge >= 0.3 is 0 Å². The number of piperidine rings is 1. The third kappa shape index (κ3) is 6.33. The molecule has 1 N–H and O–H groups in total. The normalized spacial score (nSPS) is 13.6. The molecule has 186 valence electrons. The Morgan fingerprint density at radius 3 is 2.61 bits per heavy atom. The van der Waals surface area contributed by atoms with Crippen LogP contribution in [0.25, 0.3) is 0 Å². The lowest BCUT2D eigenvalue weighted by atomic mass is 10.1. The van der Waals surface area contributed by atoms with E-state index in [0.29, 0.717) is 21.4 Å². The summed E-state index contributed by atoms with van der Waals surface area (Å²) in [6.07, 6.45) is 4.71. The van der Waals surface area contributed by atoms with Gasteiger partial charge in [-0.25, -0.2) is 5.43 Å². The van der Waals surface area contributed by atoms with E-state index in [2.05, 4.69) is 15.4 Å². The summed E-state index contributed by atoms with van der Waals surface area (Å²) in [5.41, 5.74) is 4.89. The van der Waals surface area contributed by atoms with Gasteiger partial charge in [-0.1, -0.05) is 41.4 Å². The molecule has 8 nitrogen and oxygen atoms in total. The Labute approximate surface area is 218 Å². The summed E-state index contributed by atoms with van der Waals surface area (Å²) < 4.78 is 5.85. The summed E-state index contributed by atoms with van der Waals surface area (Å²) in [5, 5.41) is 16.4. The maximum absolute atomic E-state index is 12.9. The standard InChI is InChI=1S/C26H24Cl2N4O4/c27-20-9-8-18(23(28)15-20)17-36-25-7-3-2-6-22(25)26(33)30-29-16-19-14-21(32(34)35)10-11-24(19)31-12-4-1-5-13-31/h2-3,6-11,14-16H,1,4-5,12-13,17H2,(H,30,33)/b29-16+. The summed E-state index contributed by atoms with van der Waals surface area (Å²) in [6.45, 7) is 1.89. The molecular formula is C26H24Cl2N4O4. The third-order valence-corrected chi connectivity index (χ3v) is 6.41. The van der Waals surface area contributed by atoms with Crippen molar-refractivity contribution in [3.05, 3.63) is 97.5 Å². The van der Waals surface area contributed by atoms with Gasteiger partial charge in [0.1, 0.15) is 12.4 Å². The zero-order valence-corrected chi connectivity index (χ0v) is 20.8. The van der Waals surface area contributed by atoms with Crippen LogP contribution in [0.4, 0.5) is 11.4 Å². The summed E-state index contributed by atoms with van der Waals surface area (Å²) >= 11 is 12.2. The van der Waals surface area contributed by atoms with Gasteiger partial charge in [0.2, 0.25) is 0 Å². The molecule has 0 spiro atoms. The number of rotatable bonds is 8. The topological polar surface area (TPSA) is 97.1 Å². The summed E-state index contributed by atoms with van der Waals surface area (Å²) in [7, 11) is 0. The van der Waals surface area contributed by atoms with Crippen molar-refractivity contribution in [3.63, 3.8) is 0 Å². The highest BCUT2D eigenvalue weighted by atomic mass is 35.5. The van der Waals surface area contributed by atoms with Gasteiger partial charge in [0.25, 0.3) is 11.6 Å². The fourth-order valence-corrected chi connectivity index (χ4v) is 4.44. The number of hydrazone groups is 1.